The number of rotatable bonds is 4. The summed E-state index contributed by atoms with van der Waals surface area (Å²) in [6.45, 7) is 7.19. The van der Waals surface area contributed by atoms with Gasteiger partial charge in [0.25, 0.3) is 0 Å². The van der Waals surface area contributed by atoms with Crippen molar-refractivity contribution < 1.29 is 0 Å². The van der Waals surface area contributed by atoms with Crippen LogP contribution in [-0.2, 0) is 0 Å². The van der Waals surface area contributed by atoms with Gasteiger partial charge in [0.05, 0.1) is 5.84 Å². The van der Waals surface area contributed by atoms with Crippen LogP contribution in [0.4, 0.5) is 0 Å². The van der Waals surface area contributed by atoms with Crippen molar-refractivity contribution in [2.24, 2.45) is 4.99 Å². The molecular weight excluding hydrogens is 200 g/mol. The van der Waals surface area contributed by atoms with Gasteiger partial charge in [-0.1, -0.05) is 6.08 Å². The number of nitrogens with zero attached hydrogens (tertiary/aromatic N) is 1. The second kappa shape index (κ2) is 7.41. The van der Waals surface area contributed by atoms with E-state index in [0.717, 1.165) is 25.5 Å². The molecule has 0 unspecified atom stereocenters. The van der Waals surface area contributed by atoms with Crippen LogP contribution in [0.2, 0.25) is 0 Å². The molecular formula is C12H24N4. The summed E-state index contributed by atoms with van der Waals surface area (Å²) in [5.41, 5.74) is 1.20. The summed E-state index contributed by atoms with van der Waals surface area (Å²) in [5.74, 6) is 0.959. The number of hydrogen-bond acceptors (Lipinski definition) is 3. The predicted molar refractivity (Wildman–Crippen MR) is 69.8 cm³/mol. The van der Waals surface area contributed by atoms with Gasteiger partial charge < -0.3 is 16.0 Å². The lowest BCUT2D eigenvalue weighted by Crippen LogP contribution is -2.42. The molecule has 0 radical (unpaired) electrons. The van der Waals surface area contributed by atoms with Gasteiger partial charge in [0.15, 0.2) is 0 Å². The Hall–Kier alpha value is -0.870. The lowest BCUT2D eigenvalue weighted by Gasteiger charge is -2.24. The molecule has 4 nitrogen and oxygen atoms in total. The first kappa shape index (κ1) is 13.2. The number of nitrogens with one attached hydrogen (secondary N) is 3. The quantitative estimate of drug-likeness (QED) is 0.490. The summed E-state index contributed by atoms with van der Waals surface area (Å²) in [4.78, 5) is 4.10. The predicted octanol–water partition coefficient (Wildman–Crippen LogP) is 0.870. The molecule has 0 aromatic rings. The molecule has 0 atom stereocenters. The van der Waals surface area contributed by atoms with Crippen LogP contribution in [0.1, 0.15) is 26.7 Å². The highest BCUT2D eigenvalue weighted by Crippen LogP contribution is 2.02. The smallest absolute Gasteiger partial charge is 0.0969 e. The minimum atomic E-state index is 0.650. The highest BCUT2D eigenvalue weighted by molar-refractivity contribution is 5.81. The average molecular weight is 224 g/mol. The summed E-state index contributed by atoms with van der Waals surface area (Å²) in [5, 5.41) is 10.2. The van der Waals surface area contributed by atoms with Gasteiger partial charge in [-0.05, 0) is 39.8 Å². The Labute approximate surface area is 98.6 Å². The Morgan fingerprint density at radius 1 is 1.44 bits per heavy atom. The Bertz CT molecular complexity index is 252. The van der Waals surface area contributed by atoms with Crippen molar-refractivity contribution in [1.29, 1.82) is 0 Å². The van der Waals surface area contributed by atoms with Gasteiger partial charge in [-0.3, -0.25) is 4.99 Å². The molecule has 16 heavy (non-hydrogen) atoms. The molecule has 92 valence electrons. The fraction of sp³-hybridized carbons (Fsp3) is 0.750. The number of aliphatic imine (C=N–C) groups is 1. The van der Waals surface area contributed by atoms with Crippen molar-refractivity contribution in [2.75, 3.05) is 26.7 Å². The van der Waals surface area contributed by atoms with E-state index in [1.165, 1.54) is 18.5 Å². The summed E-state index contributed by atoms with van der Waals surface area (Å²) in [6.07, 6.45) is 4.54. The summed E-state index contributed by atoms with van der Waals surface area (Å²) in [6, 6.07) is 0.650. The highest BCUT2D eigenvalue weighted by Gasteiger charge is 2.12. The van der Waals surface area contributed by atoms with Crippen LogP contribution >= 0.6 is 0 Å². The van der Waals surface area contributed by atoms with Gasteiger partial charge >= 0.3 is 0 Å². The maximum atomic E-state index is 4.10. The molecule has 1 fully saturated rings. The molecule has 4 heteroatoms. The molecule has 0 aromatic heterocycles. The van der Waals surface area contributed by atoms with Crippen LogP contribution in [0.25, 0.3) is 0 Å². The number of hydrogen-bond donors (Lipinski definition) is 3. The lowest BCUT2D eigenvalue weighted by atomic mass is 10.1. The third-order valence-electron chi connectivity index (χ3n) is 2.95. The van der Waals surface area contributed by atoms with Gasteiger partial charge in [0.1, 0.15) is 0 Å². The van der Waals surface area contributed by atoms with Crippen molar-refractivity contribution in [3.05, 3.63) is 11.8 Å². The normalized spacial score (nSPS) is 19.9. The van der Waals surface area contributed by atoms with E-state index in [2.05, 4.69) is 33.9 Å². The monoisotopic (exact) mass is 224 g/mol. The standard InChI is InChI=1S/C12H24N4/c1-4-11(16-10(2)13-3)9-15-12-5-7-14-8-6-12/h4,12,14-15H,5-9H2,1-3H3,(H,13,16)/b11-4-. The van der Waals surface area contributed by atoms with Crippen LogP contribution in [0.15, 0.2) is 16.8 Å². The molecule has 0 spiro atoms. The molecule has 1 rings (SSSR count). The number of allylic oxidation sites excluding steroid dienone is 1. The Morgan fingerprint density at radius 3 is 2.69 bits per heavy atom. The van der Waals surface area contributed by atoms with Gasteiger partial charge in [0, 0.05) is 25.3 Å². The topological polar surface area (TPSA) is 48.4 Å². The van der Waals surface area contributed by atoms with E-state index in [1.54, 1.807) is 7.05 Å². The van der Waals surface area contributed by atoms with Crippen molar-refractivity contribution in [3.63, 3.8) is 0 Å². The van der Waals surface area contributed by atoms with Crippen molar-refractivity contribution in [2.45, 2.75) is 32.7 Å². The summed E-state index contributed by atoms with van der Waals surface area (Å²) in [7, 11) is 1.80. The molecule has 1 saturated heterocycles. The van der Waals surface area contributed by atoms with Crippen LogP contribution in [-0.4, -0.2) is 38.6 Å². The van der Waals surface area contributed by atoms with Crippen molar-refractivity contribution >= 4 is 5.84 Å². The first-order valence-electron chi connectivity index (χ1n) is 6.06. The first-order chi connectivity index (χ1) is 7.76. The third kappa shape index (κ3) is 4.77. The van der Waals surface area contributed by atoms with Gasteiger partial charge in [-0.2, -0.15) is 0 Å². The summed E-state index contributed by atoms with van der Waals surface area (Å²) < 4.78 is 0. The molecule has 0 aliphatic carbocycles. The Morgan fingerprint density at radius 2 is 2.12 bits per heavy atom. The first-order valence-corrected chi connectivity index (χ1v) is 6.06. The van der Waals surface area contributed by atoms with E-state index >= 15 is 0 Å². The van der Waals surface area contributed by atoms with Gasteiger partial charge in [-0.15, -0.1) is 0 Å². The SMILES string of the molecule is C/C=C(/CNC1CCNCC1)NC(C)=NC. The minimum Gasteiger partial charge on any atom is -0.347 e. The number of amidine groups is 1. The second-order valence-corrected chi connectivity index (χ2v) is 4.15. The van der Waals surface area contributed by atoms with E-state index in [-0.39, 0.29) is 0 Å². The Balaban J connectivity index is 2.28. The molecule has 1 heterocycles. The lowest BCUT2D eigenvalue weighted by molar-refractivity contribution is 0.396. The van der Waals surface area contributed by atoms with E-state index in [9.17, 15) is 0 Å². The fourth-order valence-corrected chi connectivity index (χ4v) is 1.79. The van der Waals surface area contributed by atoms with Gasteiger partial charge in [0.2, 0.25) is 0 Å². The minimum absolute atomic E-state index is 0.650. The molecule has 1 aliphatic heterocycles. The summed E-state index contributed by atoms with van der Waals surface area (Å²) >= 11 is 0. The van der Waals surface area contributed by atoms with Crippen LogP contribution in [0, 0.1) is 0 Å². The molecule has 0 bridgehead atoms. The largest absolute Gasteiger partial charge is 0.347 e. The Kier molecular flexibility index (Phi) is 6.11. The maximum absolute atomic E-state index is 4.10. The molecule has 0 amide bonds. The molecule has 1 aliphatic rings. The molecule has 0 saturated carbocycles. The zero-order valence-corrected chi connectivity index (χ0v) is 10.6. The van der Waals surface area contributed by atoms with Crippen LogP contribution in [0.3, 0.4) is 0 Å². The molecule has 0 aromatic carbocycles. The van der Waals surface area contributed by atoms with E-state index in [4.69, 9.17) is 0 Å². The maximum Gasteiger partial charge on any atom is 0.0969 e. The fourth-order valence-electron chi connectivity index (χ4n) is 1.79. The van der Waals surface area contributed by atoms with Crippen molar-refractivity contribution in [1.82, 2.24) is 16.0 Å². The van der Waals surface area contributed by atoms with Crippen LogP contribution < -0.4 is 16.0 Å². The van der Waals surface area contributed by atoms with Gasteiger partial charge in [-0.25, -0.2) is 0 Å². The van der Waals surface area contributed by atoms with E-state index < -0.39 is 0 Å². The average Bonchev–Trinajstić information content (AvgIpc) is 2.35. The van der Waals surface area contributed by atoms with E-state index in [0.29, 0.717) is 6.04 Å². The molecule has 3 N–H and O–H groups in total. The number of piperidine rings is 1. The second-order valence-electron chi connectivity index (χ2n) is 4.15. The highest BCUT2D eigenvalue weighted by atomic mass is 15.0. The van der Waals surface area contributed by atoms with Crippen molar-refractivity contribution in [3.8, 4) is 0 Å². The zero-order valence-electron chi connectivity index (χ0n) is 10.6. The third-order valence-corrected chi connectivity index (χ3v) is 2.95. The van der Waals surface area contributed by atoms with E-state index in [1.807, 2.05) is 6.92 Å². The van der Waals surface area contributed by atoms with Crippen LogP contribution in [0.5, 0.6) is 0 Å². The zero-order chi connectivity index (χ0) is 11.8.